The fourth-order valence-corrected chi connectivity index (χ4v) is 10.6. The molecular formula is C49H62N6O2S2. The molecule has 2 aliphatic rings. The number of hydrogen-bond donors (Lipinski definition) is 5. The van der Waals surface area contributed by atoms with Gasteiger partial charge in [0.2, 0.25) is 0 Å². The summed E-state index contributed by atoms with van der Waals surface area (Å²) in [4.78, 5) is 23.6. The lowest BCUT2D eigenvalue weighted by molar-refractivity contribution is 0.0129. The summed E-state index contributed by atoms with van der Waals surface area (Å²) in [6.07, 6.45) is 14.7. The Kier molecular flexibility index (Phi) is 13.9. The number of H-pyrrole nitrogens is 2. The molecule has 2 saturated carbocycles. The van der Waals surface area contributed by atoms with Gasteiger partial charge in [-0.25, -0.2) is 4.79 Å². The fraction of sp³-hybridized carbons (Fsp3) is 0.449. The second-order valence-corrected chi connectivity index (χ2v) is 19.3. The number of nitrogens with zero attached hydrogens (tertiary/aromatic N) is 1. The highest BCUT2D eigenvalue weighted by atomic mass is 32.1. The van der Waals surface area contributed by atoms with Crippen LogP contribution in [0.3, 0.4) is 0 Å². The summed E-state index contributed by atoms with van der Waals surface area (Å²) in [5, 5.41) is 27.1. The Morgan fingerprint density at radius 1 is 0.746 bits per heavy atom. The van der Waals surface area contributed by atoms with Gasteiger partial charge >= 0.3 is 6.09 Å². The third-order valence-corrected chi connectivity index (χ3v) is 14.0. The average Bonchev–Trinajstić information content (AvgIpc) is 4.06. The molecule has 312 valence electrons. The van der Waals surface area contributed by atoms with E-state index in [-0.39, 0.29) is 12.1 Å². The Balaban J connectivity index is 0.000000184. The number of thiophene rings is 2. The number of amides is 1. The average molecular weight is 831 g/mol. The van der Waals surface area contributed by atoms with E-state index in [4.69, 9.17) is 15.6 Å². The first-order chi connectivity index (χ1) is 28.5. The molecule has 2 fully saturated rings. The van der Waals surface area contributed by atoms with Gasteiger partial charge in [-0.15, -0.1) is 22.7 Å². The second kappa shape index (κ2) is 19.3. The predicted molar refractivity (Wildman–Crippen MR) is 249 cm³/mol. The summed E-state index contributed by atoms with van der Waals surface area (Å²) in [5.41, 5.74) is 8.54. The van der Waals surface area contributed by atoms with Crippen molar-refractivity contribution in [3.05, 3.63) is 116 Å². The Morgan fingerprint density at radius 3 is 1.66 bits per heavy atom. The van der Waals surface area contributed by atoms with Crippen LogP contribution in [0.15, 0.2) is 83.8 Å². The zero-order valence-electron chi connectivity index (χ0n) is 35.5. The van der Waals surface area contributed by atoms with E-state index in [1.54, 1.807) is 22.7 Å². The van der Waals surface area contributed by atoms with Gasteiger partial charge in [-0.1, -0.05) is 31.2 Å². The Hall–Kier alpha value is -4.51. The van der Waals surface area contributed by atoms with Gasteiger partial charge in [0.1, 0.15) is 5.60 Å². The van der Waals surface area contributed by atoms with Crippen LogP contribution in [0.25, 0.3) is 21.8 Å². The summed E-state index contributed by atoms with van der Waals surface area (Å²) in [6.45, 7) is 11.7. The molecule has 2 aliphatic carbocycles. The zero-order valence-corrected chi connectivity index (χ0v) is 37.1. The maximum absolute atomic E-state index is 12.7. The molecule has 5 N–H and O–H groups in total. The third-order valence-electron chi connectivity index (χ3n) is 12.2. The molecule has 8 rings (SSSR count). The molecule has 0 atom stereocenters. The van der Waals surface area contributed by atoms with Crippen molar-refractivity contribution in [1.29, 1.82) is 10.8 Å². The minimum Gasteiger partial charge on any atom is -0.444 e. The van der Waals surface area contributed by atoms with Crippen LogP contribution in [0, 0.1) is 10.8 Å². The van der Waals surface area contributed by atoms with Crippen molar-refractivity contribution >= 4 is 62.0 Å². The lowest BCUT2D eigenvalue weighted by Gasteiger charge is -2.37. The Bertz CT molecular complexity index is 2300. The number of aromatic nitrogens is 2. The monoisotopic (exact) mass is 830 g/mol. The molecule has 59 heavy (non-hydrogen) atoms. The SMILES string of the molecule is CCN(C(=O)OC(C)(C)C)C1CCC(c2c[nH]c3ccc(CC(=N)c4cccs4)cc23)CC1.CCNC1CCC(c2c[nH]c3ccc(CC(=N)c4cccs4)cc23)CC1. The van der Waals surface area contributed by atoms with Crippen molar-refractivity contribution in [3.8, 4) is 0 Å². The molecule has 0 saturated heterocycles. The largest absolute Gasteiger partial charge is 0.444 e. The summed E-state index contributed by atoms with van der Waals surface area (Å²) in [6, 6.07) is 22.2. The van der Waals surface area contributed by atoms with E-state index < -0.39 is 5.60 Å². The minimum absolute atomic E-state index is 0.196. The number of hydrogen-bond acceptors (Lipinski definition) is 7. The number of ether oxygens (including phenoxy) is 1. The number of carbonyl (C=O) groups excluding carboxylic acids is 1. The van der Waals surface area contributed by atoms with Crippen LogP contribution in [0.4, 0.5) is 4.79 Å². The van der Waals surface area contributed by atoms with E-state index in [2.05, 4.69) is 71.0 Å². The van der Waals surface area contributed by atoms with Crippen molar-refractivity contribution < 1.29 is 9.53 Å². The summed E-state index contributed by atoms with van der Waals surface area (Å²) in [7, 11) is 0. The van der Waals surface area contributed by atoms with Crippen molar-refractivity contribution in [2.24, 2.45) is 0 Å². The first-order valence-corrected chi connectivity index (χ1v) is 23.4. The van der Waals surface area contributed by atoms with E-state index in [1.807, 2.05) is 67.6 Å². The number of fused-ring (bicyclic) bond motifs is 2. The van der Waals surface area contributed by atoms with Crippen LogP contribution in [0.2, 0.25) is 0 Å². The van der Waals surface area contributed by atoms with Crippen LogP contribution in [0.5, 0.6) is 0 Å². The van der Waals surface area contributed by atoms with Crippen LogP contribution >= 0.6 is 22.7 Å². The maximum atomic E-state index is 12.7. The van der Waals surface area contributed by atoms with Gasteiger partial charge in [-0.3, -0.25) is 0 Å². The summed E-state index contributed by atoms with van der Waals surface area (Å²) < 4.78 is 5.64. The molecule has 4 heterocycles. The van der Waals surface area contributed by atoms with Gasteiger partial charge in [0, 0.05) is 75.4 Å². The smallest absolute Gasteiger partial charge is 0.410 e. The molecule has 2 aromatic carbocycles. The number of rotatable bonds is 12. The molecule has 0 spiro atoms. The van der Waals surface area contributed by atoms with Gasteiger partial charge in [-0.2, -0.15) is 0 Å². The van der Waals surface area contributed by atoms with Crippen LogP contribution < -0.4 is 5.32 Å². The molecule has 4 aromatic heterocycles. The van der Waals surface area contributed by atoms with Crippen molar-refractivity contribution in [3.63, 3.8) is 0 Å². The molecule has 6 aromatic rings. The van der Waals surface area contributed by atoms with Gasteiger partial charge in [-0.05, 0) is 167 Å². The normalized spacial score (nSPS) is 19.6. The quantitative estimate of drug-likeness (QED) is 0.0790. The summed E-state index contributed by atoms with van der Waals surface area (Å²) >= 11 is 3.27. The lowest BCUT2D eigenvalue weighted by Crippen LogP contribution is -2.44. The van der Waals surface area contributed by atoms with E-state index in [0.717, 1.165) is 47.5 Å². The highest BCUT2D eigenvalue weighted by molar-refractivity contribution is 7.12. The molecule has 8 nitrogen and oxygen atoms in total. The Morgan fingerprint density at radius 2 is 1.24 bits per heavy atom. The molecule has 0 aliphatic heterocycles. The van der Waals surface area contributed by atoms with Gasteiger partial charge in [0.25, 0.3) is 0 Å². The highest BCUT2D eigenvalue weighted by Gasteiger charge is 2.32. The van der Waals surface area contributed by atoms with Crippen LogP contribution in [0.1, 0.15) is 130 Å². The molecule has 10 heteroatoms. The van der Waals surface area contributed by atoms with Gasteiger partial charge in [0.05, 0.1) is 11.4 Å². The van der Waals surface area contributed by atoms with Crippen molar-refractivity contribution in [1.82, 2.24) is 20.2 Å². The molecule has 0 bridgehead atoms. The van der Waals surface area contributed by atoms with E-state index in [1.165, 1.54) is 64.2 Å². The topological polar surface area (TPSA) is 121 Å². The van der Waals surface area contributed by atoms with E-state index in [9.17, 15) is 4.79 Å². The van der Waals surface area contributed by atoms with Gasteiger partial charge in [0.15, 0.2) is 0 Å². The first kappa shape index (κ1) is 42.6. The standard InChI is InChI=1S/C27H35N3O2S.C22H27N3S/c1-5-30(26(31)32-27(2,3)4)20-11-9-19(10-12-20)22-17-29-24-13-8-18(15-21(22)24)16-23(28)25-7-6-14-33-25;1-2-24-17-8-6-16(7-9-17)19-14-25-21-10-5-15(12-18(19)21)13-20(23)22-4-3-11-26-22/h6-8,13-15,17,19-20,28-29H,5,9-12,16H2,1-4H3;3-5,10-12,14,16-17,23-25H,2,6-9,13H2,1H3. The zero-order chi connectivity index (χ0) is 41.5. The van der Waals surface area contributed by atoms with Gasteiger partial charge < -0.3 is 35.7 Å². The van der Waals surface area contributed by atoms with Crippen LogP contribution in [-0.2, 0) is 17.6 Å². The molecule has 1 amide bonds. The fourth-order valence-electron chi connectivity index (χ4n) is 9.21. The second-order valence-electron chi connectivity index (χ2n) is 17.4. The van der Waals surface area contributed by atoms with E-state index >= 15 is 0 Å². The minimum atomic E-state index is -0.469. The predicted octanol–water partition coefficient (Wildman–Crippen LogP) is 12.6. The summed E-state index contributed by atoms with van der Waals surface area (Å²) in [5.74, 6) is 1.14. The van der Waals surface area contributed by atoms with Crippen LogP contribution in [-0.4, -0.2) is 63.2 Å². The molecule has 0 radical (unpaired) electrons. The lowest BCUT2D eigenvalue weighted by atomic mass is 9.81. The number of carbonyl (C=O) groups is 1. The number of nitrogens with one attached hydrogen (secondary N) is 5. The number of aromatic amines is 2. The van der Waals surface area contributed by atoms with E-state index in [0.29, 0.717) is 48.7 Å². The molecule has 0 unspecified atom stereocenters. The maximum Gasteiger partial charge on any atom is 0.410 e. The van der Waals surface area contributed by atoms with Crippen molar-refractivity contribution in [2.45, 2.75) is 128 Å². The third kappa shape index (κ3) is 10.6. The first-order valence-electron chi connectivity index (χ1n) is 21.6. The Labute approximate surface area is 358 Å². The number of benzene rings is 2. The molecular weight excluding hydrogens is 769 g/mol. The highest BCUT2D eigenvalue weighted by Crippen LogP contribution is 2.39. The van der Waals surface area contributed by atoms with Crippen molar-refractivity contribution in [2.75, 3.05) is 13.1 Å².